The minimum atomic E-state index is -3.73. The second-order valence-electron chi connectivity index (χ2n) is 6.24. The van der Waals surface area contributed by atoms with E-state index in [1.807, 2.05) is 0 Å². The summed E-state index contributed by atoms with van der Waals surface area (Å²) in [6.45, 7) is 0.290. The molecule has 1 aromatic carbocycles. The topological polar surface area (TPSA) is 60.8 Å². The molecular formula is C17H19F2NO3. The number of hydrogen-bond acceptors (Lipinski definition) is 3. The number of carbonyl (C=O) groups excluding carboxylic acids is 1. The summed E-state index contributed by atoms with van der Waals surface area (Å²) in [5.41, 5.74) is -0.315. The normalized spacial score (nSPS) is 20.7. The molecule has 1 aliphatic carbocycles. The summed E-state index contributed by atoms with van der Waals surface area (Å²) in [7, 11) is 0. The molecule has 1 aliphatic heterocycles. The lowest BCUT2D eigenvalue weighted by Crippen LogP contribution is -2.61. The number of carbonyl (C=O) groups is 1. The van der Waals surface area contributed by atoms with Gasteiger partial charge in [0, 0.05) is 13.1 Å². The van der Waals surface area contributed by atoms with Crippen molar-refractivity contribution in [3.05, 3.63) is 35.9 Å². The Balaban J connectivity index is 1.70. The number of amides is 1. The molecule has 6 heteroatoms. The van der Waals surface area contributed by atoms with Crippen molar-refractivity contribution in [2.24, 2.45) is 0 Å². The molecule has 2 aliphatic rings. The highest BCUT2D eigenvalue weighted by Crippen LogP contribution is 2.45. The van der Waals surface area contributed by atoms with E-state index in [1.54, 1.807) is 30.3 Å². The van der Waals surface area contributed by atoms with Crippen LogP contribution in [0.15, 0.2) is 30.3 Å². The summed E-state index contributed by atoms with van der Waals surface area (Å²) in [5, 5.41) is 19.1. The minimum Gasteiger partial charge on any atom is -0.508 e. The highest BCUT2D eigenvalue weighted by Gasteiger charge is 2.62. The summed E-state index contributed by atoms with van der Waals surface area (Å²) >= 11 is 0. The quantitative estimate of drug-likeness (QED) is 0.899. The van der Waals surface area contributed by atoms with Crippen LogP contribution >= 0.6 is 0 Å². The third kappa shape index (κ3) is 2.72. The van der Waals surface area contributed by atoms with E-state index < -0.39 is 17.4 Å². The van der Waals surface area contributed by atoms with Gasteiger partial charge in [-0.15, -0.1) is 0 Å². The molecule has 0 aromatic heterocycles. The molecule has 1 saturated carbocycles. The van der Waals surface area contributed by atoms with Gasteiger partial charge in [-0.2, -0.15) is 8.78 Å². The second kappa shape index (κ2) is 5.60. The predicted molar refractivity (Wildman–Crippen MR) is 81.0 cm³/mol. The number of aromatic hydroxyl groups is 1. The minimum absolute atomic E-state index is 0.0336. The number of aliphatic hydroxyl groups is 1. The fourth-order valence-corrected chi connectivity index (χ4v) is 3.01. The largest absolute Gasteiger partial charge is 0.508 e. The fourth-order valence-electron chi connectivity index (χ4n) is 3.01. The van der Waals surface area contributed by atoms with E-state index in [0.717, 1.165) is 16.0 Å². The Bertz CT molecular complexity index is 636. The van der Waals surface area contributed by atoms with Crippen LogP contribution in [0.4, 0.5) is 8.78 Å². The molecule has 3 rings (SSSR count). The van der Waals surface area contributed by atoms with E-state index in [2.05, 4.69) is 0 Å². The Morgan fingerprint density at radius 1 is 1.22 bits per heavy atom. The number of halogens is 2. The van der Waals surface area contributed by atoms with E-state index >= 15 is 0 Å². The van der Waals surface area contributed by atoms with Crippen molar-refractivity contribution in [2.75, 3.05) is 13.1 Å². The van der Waals surface area contributed by atoms with Crippen LogP contribution in [0.2, 0.25) is 0 Å². The van der Waals surface area contributed by atoms with Gasteiger partial charge in [0.1, 0.15) is 11.4 Å². The highest BCUT2D eigenvalue weighted by atomic mass is 19.3. The van der Waals surface area contributed by atoms with Crippen molar-refractivity contribution in [3.63, 3.8) is 0 Å². The molecule has 1 fully saturated rings. The Morgan fingerprint density at radius 3 is 2.35 bits per heavy atom. The lowest BCUT2D eigenvalue weighted by atomic mass is 9.75. The Hall–Kier alpha value is -1.95. The summed E-state index contributed by atoms with van der Waals surface area (Å²) in [6.07, 6.45) is 2.66. The third-order valence-corrected chi connectivity index (χ3v) is 4.77. The van der Waals surface area contributed by atoms with Gasteiger partial charge in [0.15, 0.2) is 0 Å². The SMILES string of the molecule is O=C(N1CC=C(c2ccc(O)cc2)CC1)C(F)(F)C1(O)CCC1. The number of hydrogen-bond donors (Lipinski definition) is 2. The molecule has 23 heavy (non-hydrogen) atoms. The molecule has 4 nitrogen and oxygen atoms in total. The summed E-state index contributed by atoms with van der Waals surface area (Å²) in [6, 6.07) is 6.64. The summed E-state index contributed by atoms with van der Waals surface area (Å²) < 4.78 is 28.4. The van der Waals surface area contributed by atoms with Crippen LogP contribution in [-0.4, -0.2) is 45.6 Å². The van der Waals surface area contributed by atoms with Gasteiger partial charge in [0.2, 0.25) is 0 Å². The molecule has 124 valence electrons. The zero-order chi connectivity index (χ0) is 16.7. The van der Waals surface area contributed by atoms with Gasteiger partial charge >= 0.3 is 5.92 Å². The molecule has 0 unspecified atom stereocenters. The number of rotatable bonds is 3. The molecule has 0 radical (unpaired) electrons. The van der Waals surface area contributed by atoms with Crippen LogP contribution < -0.4 is 0 Å². The van der Waals surface area contributed by atoms with Gasteiger partial charge in [-0.25, -0.2) is 0 Å². The van der Waals surface area contributed by atoms with Gasteiger partial charge < -0.3 is 15.1 Å². The van der Waals surface area contributed by atoms with Crippen molar-refractivity contribution in [2.45, 2.75) is 37.2 Å². The van der Waals surface area contributed by atoms with Gasteiger partial charge in [-0.1, -0.05) is 18.2 Å². The first-order valence-electron chi connectivity index (χ1n) is 7.71. The lowest BCUT2D eigenvalue weighted by Gasteiger charge is -2.43. The Kier molecular flexibility index (Phi) is 3.88. The lowest BCUT2D eigenvalue weighted by molar-refractivity contribution is -0.223. The van der Waals surface area contributed by atoms with Crippen molar-refractivity contribution in [1.82, 2.24) is 4.90 Å². The van der Waals surface area contributed by atoms with Gasteiger partial charge in [0.05, 0.1) is 0 Å². The van der Waals surface area contributed by atoms with Crippen LogP contribution in [0.5, 0.6) is 5.75 Å². The molecular weight excluding hydrogens is 304 g/mol. The highest BCUT2D eigenvalue weighted by molar-refractivity contribution is 5.86. The Labute approximate surface area is 133 Å². The first-order chi connectivity index (χ1) is 10.8. The fraction of sp³-hybridized carbons (Fsp3) is 0.471. The molecule has 0 atom stereocenters. The zero-order valence-corrected chi connectivity index (χ0v) is 12.6. The van der Waals surface area contributed by atoms with Gasteiger partial charge in [-0.3, -0.25) is 4.79 Å². The van der Waals surface area contributed by atoms with Crippen LogP contribution in [0.1, 0.15) is 31.2 Å². The summed E-state index contributed by atoms with van der Waals surface area (Å²) in [4.78, 5) is 13.2. The van der Waals surface area contributed by atoms with Crippen molar-refractivity contribution >= 4 is 11.5 Å². The van der Waals surface area contributed by atoms with Crippen molar-refractivity contribution < 1.29 is 23.8 Å². The molecule has 0 bridgehead atoms. The van der Waals surface area contributed by atoms with Crippen LogP contribution in [0.25, 0.3) is 5.57 Å². The molecule has 0 spiro atoms. The van der Waals surface area contributed by atoms with Crippen LogP contribution in [-0.2, 0) is 4.79 Å². The maximum atomic E-state index is 14.2. The third-order valence-electron chi connectivity index (χ3n) is 4.77. The van der Waals surface area contributed by atoms with E-state index in [9.17, 15) is 23.8 Å². The predicted octanol–water partition coefficient (Wildman–Crippen LogP) is 2.56. The number of benzene rings is 1. The van der Waals surface area contributed by atoms with Gasteiger partial charge in [-0.05, 0) is 49.0 Å². The molecule has 1 aromatic rings. The van der Waals surface area contributed by atoms with E-state index in [1.165, 1.54) is 0 Å². The van der Waals surface area contributed by atoms with Crippen molar-refractivity contribution in [3.8, 4) is 5.75 Å². The second-order valence-corrected chi connectivity index (χ2v) is 6.24. The molecule has 1 heterocycles. The standard InChI is InChI=1S/C17H19F2NO3/c18-17(19,16(23)8-1-9-16)15(22)20-10-6-13(7-11-20)12-2-4-14(21)5-3-12/h2-6,21,23H,1,7-11H2. The van der Waals surface area contributed by atoms with E-state index in [4.69, 9.17) is 0 Å². The summed E-state index contributed by atoms with van der Waals surface area (Å²) in [5.74, 6) is -4.86. The number of phenolic OH excluding ortho intramolecular Hbond substituents is 1. The zero-order valence-electron chi connectivity index (χ0n) is 12.6. The maximum absolute atomic E-state index is 14.2. The van der Waals surface area contributed by atoms with Crippen molar-refractivity contribution in [1.29, 1.82) is 0 Å². The maximum Gasteiger partial charge on any atom is 0.352 e. The van der Waals surface area contributed by atoms with E-state index in [0.29, 0.717) is 12.8 Å². The average molecular weight is 323 g/mol. The average Bonchev–Trinajstić information content (AvgIpc) is 2.52. The number of nitrogens with zero attached hydrogens (tertiary/aromatic N) is 1. The Morgan fingerprint density at radius 2 is 1.87 bits per heavy atom. The number of alkyl halides is 2. The smallest absolute Gasteiger partial charge is 0.352 e. The van der Waals surface area contributed by atoms with E-state index in [-0.39, 0.29) is 31.7 Å². The molecule has 0 saturated heterocycles. The first kappa shape index (κ1) is 15.9. The molecule has 1 amide bonds. The monoisotopic (exact) mass is 323 g/mol. The molecule has 2 N–H and O–H groups in total. The van der Waals surface area contributed by atoms with Gasteiger partial charge in [0.25, 0.3) is 5.91 Å². The van der Waals surface area contributed by atoms with Crippen LogP contribution in [0.3, 0.4) is 0 Å². The number of phenols is 1. The van der Waals surface area contributed by atoms with Crippen LogP contribution in [0, 0.1) is 0 Å². The first-order valence-corrected chi connectivity index (χ1v) is 7.71.